The van der Waals surface area contributed by atoms with Crippen molar-refractivity contribution in [2.45, 2.75) is 31.7 Å². The zero-order chi connectivity index (χ0) is 26.3. The molecular weight excluding hydrogens is 533 g/mol. The average molecular weight is 553 g/mol. The van der Waals surface area contributed by atoms with Crippen molar-refractivity contribution in [2.75, 3.05) is 6.54 Å². The minimum absolute atomic E-state index is 0.0125. The Labute approximate surface area is 219 Å². The van der Waals surface area contributed by atoms with Crippen LogP contribution in [0.4, 0.5) is 8.78 Å². The number of carbonyl (C=O) groups is 2. The van der Waals surface area contributed by atoms with Gasteiger partial charge in [-0.25, -0.2) is 4.68 Å². The van der Waals surface area contributed by atoms with Gasteiger partial charge in [0.05, 0.1) is 5.69 Å². The molecule has 0 bridgehead atoms. The molecule has 4 atom stereocenters. The van der Waals surface area contributed by atoms with Gasteiger partial charge in [0.2, 0.25) is 5.91 Å². The second-order valence-corrected chi connectivity index (χ2v) is 9.71. The highest BCUT2D eigenvalue weighted by Crippen LogP contribution is 2.50. The van der Waals surface area contributed by atoms with Crippen molar-refractivity contribution in [3.05, 3.63) is 63.9 Å². The molecule has 194 valence electrons. The van der Waals surface area contributed by atoms with Gasteiger partial charge in [-0.2, -0.15) is 8.78 Å². The number of nitrogens with one attached hydrogen (secondary N) is 1. The van der Waals surface area contributed by atoms with Crippen molar-refractivity contribution >= 4 is 35.0 Å². The van der Waals surface area contributed by atoms with Gasteiger partial charge in [0, 0.05) is 23.1 Å². The second-order valence-electron chi connectivity index (χ2n) is 8.84. The summed E-state index contributed by atoms with van der Waals surface area (Å²) in [5.74, 6) is -1.29. The quantitative estimate of drug-likeness (QED) is 0.440. The third kappa shape index (κ3) is 5.36. The monoisotopic (exact) mass is 552 g/mol. The van der Waals surface area contributed by atoms with Crippen LogP contribution in [-0.2, 0) is 16.1 Å². The molecule has 5 rings (SSSR count). The fourth-order valence-electron chi connectivity index (χ4n) is 4.72. The van der Waals surface area contributed by atoms with E-state index in [2.05, 4.69) is 25.6 Å². The third-order valence-corrected chi connectivity index (χ3v) is 6.91. The number of rotatable bonds is 8. The second kappa shape index (κ2) is 10.2. The molecule has 1 saturated heterocycles. The first-order valence-electron chi connectivity index (χ1n) is 11.2. The van der Waals surface area contributed by atoms with Crippen molar-refractivity contribution < 1.29 is 28.2 Å². The van der Waals surface area contributed by atoms with Gasteiger partial charge in [-0.3, -0.25) is 9.59 Å². The van der Waals surface area contributed by atoms with Gasteiger partial charge in [-0.05, 0) is 76.2 Å². The fourth-order valence-corrected chi connectivity index (χ4v) is 5.15. The van der Waals surface area contributed by atoms with Crippen LogP contribution >= 0.6 is 23.2 Å². The predicted molar refractivity (Wildman–Crippen MR) is 126 cm³/mol. The summed E-state index contributed by atoms with van der Waals surface area (Å²) in [6.07, 6.45) is 0.482. The summed E-state index contributed by atoms with van der Waals surface area (Å²) in [5, 5.41) is 25.2. The van der Waals surface area contributed by atoms with Crippen LogP contribution in [0.1, 0.15) is 23.7 Å². The zero-order valence-electron chi connectivity index (χ0n) is 19.0. The number of aliphatic hydroxyl groups excluding tert-OH is 1. The number of alkyl halides is 2. The lowest BCUT2D eigenvalue weighted by molar-refractivity contribution is -0.146. The number of fused-ring (bicyclic) bond motifs is 1. The Balaban J connectivity index is 1.31. The lowest BCUT2D eigenvalue weighted by Crippen LogP contribution is -2.49. The van der Waals surface area contributed by atoms with Crippen LogP contribution in [0.25, 0.3) is 5.69 Å². The number of amides is 2. The molecular formula is C23H20Cl2F2N6O4. The number of benzene rings is 2. The van der Waals surface area contributed by atoms with E-state index in [9.17, 15) is 23.5 Å². The zero-order valence-corrected chi connectivity index (χ0v) is 20.5. The molecule has 1 saturated carbocycles. The topological polar surface area (TPSA) is 122 Å². The standard InChI is InChI=1S/C23H20Cl2F2N6O4/c24-14-1-2-18(33-10-29-30-31-33)12(4-14)8-28-21(35)19-17-6-13(17)9-32(19)22(36)20(34)11-3-15(25)7-16(5-11)37-23(26)27/h1-5,7,10,13,17,19-20,23,34H,6,8-9H2,(H,28,35)/t13-,17-,19-,20+/m0/s1. The highest BCUT2D eigenvalue weighted by Gasteiger charge is 2.57. The minimum Gasteiger partial charge on any atom is -0.435 e. The van der Waals surface area contributed by atoms with Crippen LogP contribution in [0.15, 0.2) is 42.7 Å². The molecule has 10 nitrogen and oxygen atoms in total. The smallest absolute Gasteiger partial charge is 0.387 e. The van der Waals surface area contributed by atoms with Gasteiger partial charge >= 0.3 is 6.61 Å². The van der Waals surface area contributed by atoms with E-state index in [0.717, 1.165) is 18.6 Å². The van der Waals surface area contributed by atoms with Gasteiger partial charge in [0.1, 0.15) is 18.1 Å². The number of nitrogens with zero attached hydrogens (tertiary/aromatic N) is 5. The first kappa shape index (κ1) is 25.3. The Kier molecular flexibility index (Phi) is 6.97. The molecule has 2 N–H and O–H groups in total. The Hall–Kier alpha value is -3.35. The highest BCUT2D eigenvalue weighted by atomic mass is 35.5. The number of aromatic nitrogens is 4. The van der Waals surface area contributed by atoms with Gasteiger partial charge in [-0.1, -0.05) is 23.2 Å². The summed E-state index contributed by atoms with van der Waals surface area (Å²) < 4.78 is 31.1. The van der Waals surface area contributed by atoms with Crippen LogP contribution in [0.5, 0.6) is 5.75 Å². The molecule has 0 spiro atoms. The maximum Gasteiger partial charge on any atom is 0.387 e. The molecule has 3 aromatic rings. The molecule has 2 fully saturated rings. The summed E-state index contributed by atoms with van der Waals surface area (Å²) in [7, 11) is 0. The number of ether oxygens (including phenoxy) is 1. The number of tetrazole rings is 1. The van der Waals surface area contributed by atoms with Crippen molar-refractivity contribution in [2.24, 2.45) is 11.8 Å². The van der Waals surface area contributed by atoms with Crippen LogP contribution in [0, 0.1) is 11.8 Å². The summed E-state index contributed by atoms with van der Waals surface area (Å²) >= 11 is 12.1. The van der Waals surface area contributed by atoms with Crippen LogP contribution in [-0.4, -0.2) is 61.2 Å². The summed E-state index contributed by atoms with van der Waals surface area (Å²) in [6, 6.07) is 7.83. The number of hydrogen-bond acceptors (Lipinski definition) is 7. The molecule has 1 aliphatic heterocycles. The van der Waals surface area contributed by atoms with E-state index >= 15 is 0 Å². The van der Waals surface area contributed by atoms with Crippen LogP contribution in [0.2, 0.25) is 10.0 Å². The lowest BCUT2D eigenvalue weighted by Gasteiger charge is -2.29. The normalized spacial score (nSPS) is 21.0. The van der Waals surface area contributed by atoms with Crippen molar-refractivity contribution in [3.8, 4) is 11.4 Å². The lowest BCUT2D eigenvalue weighted by atomic mass is 10.1. The average Bonchev–Trinajstić information content (AvgIpc) is 3.24. The van der Waals surface area contributed by atoms with E-state index in [1.807, 2.05) is 0 Å². The van der Waals surface area contributed by atoms with Gasteiger partial charge in [0.25, 0.3) is 5.91 Å². The highest BCUT2D eigenvalue weighted by molar-refractivity contribution is 6.31. The van der Waals surface area contributed by atoms with Crippen LogP contribution in [0.3, 0.4) is 0 Å². The minimum atomic E-state index is -3.10. The fraction of sp³-hybridized carbons (Fsp3) is 0.348. The maximum absolute atomic E-state index is 13.3. The first-order chi connectivity index (χ1) is 17.7. The maximum atomic E-state index is 13.3. The van der Waals surface area contributed by atoms with Gasteiger partial charge in [-0.15, -0.1) is 5.10 Å². The molecule has 0 unspecified atom stereocenters. The number of piperidine rings is 1. The van der Waals surface area contributed by atoms with E-state index in [4.69, 9.17) is 23.2 Å². The summed E-state index contributed by atoms with van der Waals surface area (Å²) in [4.78, 5) is 27.8. The largest absolute Gasteiger partial charge is 0.435 e. The summed E-state index contributed by atoms with van der Waals surface area (Å²) in [6.45, 7) is -2.71. The van der Waals surface area contributed by atoms with Gasteiger partial charge in [0.15, 0.2) is 6.10 Å². The number of likely N-dealkylation sites (tertiary alicyclic amines) is 1. The van der Waals surface area contributed by atoms with E-state index in [0.29, 0.717) is 22.8 Å². The van der Waals surface area contributed by atoms with E-state index < -0.39 is 24.7 Å². The first-order valence-corrected chi connectivity index (χ1v) is 12.0. The third-order valence-electron chi connectivity index (χ3n) is 6.46. The van der Waals surface area contributed by atoms with Crippen molar-refractivity contribution in [1.82, 2.24) is 30.4 Å². The van der Waals surface area contributed by atoms with E-state index in [1.165, 1.54) is 22.0 Å². The molecule has 14 heteroatoms. The molecule has 1 aromatic heterocycles. The molecule has 0 radical (unpaired) electrons. The molecule has 37 heavy (non-hydrogen) atoms. The molecule has 2 heterocycles. The predicted octanol–water partition coefficient (Wildman–Crippen LogP) is 2.77. The Morgan fingerprint density at radius 3 is 2.73 bits per heavy atom. The Morgan fingerprint density at radius 2 is 2.00 bits per heavy atom. The number of halogens is 4. The van der Waals surface area contributed by atoms with Crippen molar-refractivity contribution in [3.63, 3.8) is 0 Å². The number of hydrogen-bond donors (Lipinski definition) is 2. The summed E-state index contributed by atoms with van der Waals surface area (Å²) in [5.41, 5.74) is 1.26. The molecule has 1 aliphatic carbocycles. The van der Waals surface area contributed by atoms with Crippen molar-refractivity contribution in [1.29, 1.82) is 0 Å². The van der Waals surface area contributed by atoms with Gasteiger partial charge < -0.3 is 20.1 Å². The molecule has 2 aromatic carbocycles. The Morgan fingerprint density at radius 1 is 1.19 bits per heavy atom. The molecule has 2 amide bonds. The number of carbonyl (C=O) groups excluding carboxylic acids is 2. The van der Waals surface area contributed by atoms with E-state index in [1.54, 1.807) is 18.2 Å². The Bertz CT molecular complexity index is 1330. The van der Waals surface area contributed by atoms with Crippen LogP contribution < -0.4 is 10.1 Å². The SMILES string of the molecule is O=C(NCc1cc(Cl)ccc1-n1cnnn1)[C@@H]1[C@H]2C[C@H]2CN1C(=O)[C@H](O)c1cc(Cl)cc(OC(F)F)c1. The number of aliphatic hydroxyl groups is 1. The van der Waals surface area contributed by atoms with E-state index in [-0.39, 0.29) is 40.6 Å². The molecule has 2 aliphatic rings.